The van der Waals surface area contributed by atoms with Gasteiger partial charge in [-0.05, 0) is 33.2 Å². The van der Waals surface area contributed by atoms with Crippen molar-refractivity contribution in [1.82, 2.24) is 10.2 Å². The van der Waals surface area contributed by atoms with Crippen LogP contribution >= 0.6 is 23.2 Å². The topological polar surface area (TPSA) is 44.7 Å². The van der Waals surface area contributed by atoms with E-state index in [4.69, 9.17) is 27.9 Å². The molecule has 0 spiro atoms. The zero-order chi connectivity index (χ0) is 15.3. The van der Waals surface area contributed by atoms with Crippen LogP contribution < -0.4 is 10.1 Å². The van der Waals surface area contributed by atoms with Crippen LogP contribution in [-0.4, -0.2) is 49.9 Å². The van der Waals surface area contributed by atoms with Crippen molar-refractivity contribution in [1.29, 1.82) is 0 Å². The van der Waals surface area contributed by atoms with E-state index in [0.717, 1.165) is 5.56 Å². The molecule has 0 radical (unpaired) electrons. The molecule has 0 fully saturated rings. The molecule has 0 bridgehead atoms. The number of rotatable bonds is 7. The molecule has 0 aliphatic carbocycles. The van der Waals surface area contributed by atoms with Crippen LogP contribution in [0.2, 0.25) is 10.0 Å². The number of halogens is 2. The fourth-order valence-electron chi connectivity index (χ4n) is 2.18. The summed E-state index contributed by atoms with van der Waals surface area (Å²) in [7, 11) is 5.42. The van der Waals surface area contributed by atoms with Crippen molar-refractivity contribution < 1.29 is 9.84 Å². The molecular formula is C14H22Cl2N2O2. The van der Waals surface area contributed by atoms with Crippen LogP contribution in [0.25, 0.3) is 0 Å². The van der Waals surface area contributed by atoms with Crippen molar-refractivity contribution >= 4 is 23.2 Å². The highest BCUT2D eigenvalue weighted by atomic mass is 35.5. The molecule has 1 aromatic rings. The predicted octanol–water partition coefficient (Wildman–Crippen LogP) is 2.40. The van der Waals surface area contributed by atoms with E-state index in [1.165, 1.54) is 0 Å². The number of nitrogens with zero attached hydrogens (tertiary/aromatic N) is 1. The highest BCUT2D eigenvalue weighted by molar-refractivity contribution is 6.35. The Morgan fingerprint density at radius 3 is 2.55 bits per heavy atom. The minimum absolute atomic E-state index is 0.457. The molecule has 1 rings (SSSR count). The standard InChI is InChI=1S/C14H22Cl2N2O2/c1-14(19,9-18(2)3)8-17-7-10-5-11(15)6-12(16)13(10)20-4/h5-6,17,19H,7-9H2,1-4H3. The van der Waals surface area contributed by atoms with Crippen molar-refractivity contribution in [3.63, 3.8) is 0 Å². The fourth-order valence-corrected chi connectivity index (χ4v) is 2.79. The first-order valence-corrected chi connectivity index (χ1v) is 7.10. The second-order valence-corrected chi connectivity index (χ2v) is 6.26. The second-order valence-electron chi connectivity index (χ2n) is 5.42. The lowest BCUT2D eigenvalue weighted by atomic mass is 10.1. The number of nitrogens with one attached hydrogen (secondary N) is 1. The maximum atomic E-state index is 10.2. The van der Waals surface area contributed by atoms with Gasteiger partial charge in [-0.1, -0.05) is 23.2 Å². The molecule has 20 heavy (non-hydrogen) atoms. The van der Waals surface area contributed by atoms with Crippen LogP contribution in [0.3, 0.4) is 0 Å². The maximum Gasteiger partial charge on any atom is 0.142 e. The molecule has 0 aliphatic heterocycles. The largest absolute Gasteiger partial charge is 0.495 e. The van der Waals surface area contributed by atoms with Gasteiger partial charge in [0.1, 0.15) is 5.75 Å². The smallest absolute Gasteiger partial charge is 0.142 e. The number of benzene rings is 1. The molecule has 6 heteroatoms. The van der Waals surface area contributed by atoms with Crippen LogP contribution in [0, 0.1) is 0 Å². The molecule has 114 valence electrons. The third-order valence-corrected chi connectivity index (χ3v) is 3.27. The second kappa shape index (κ2) is 7.48. The van der Waals surface area contributed by atoms with Gasteiger partial charge >= 0.3 is 0 Å². The summed E-state index contributed by atoms with van der Waals surface area (Å²) < 4.78 is 5.28. The molecular weight excluding hydrogens is 299 g/mol. The Bertz CT molecular complexity index is 451. The SMILES string of the molecule is COc1c(Cl)cc(Cl)cc1CNCC(C)(O)CN(C)C. The lowest BCUT2D eigenvalue weighted by molar-refractivity contribution is 0.0335. The van der Waals surface area contributed by atoms with E-state index in [1.54, 1.807) is 26.2 Å². The molecule has 0 amide bonds. The molecule has 4 nitrogen and oxygen atoms in total. The third-order valence-electron chi connectivity index (χ3n) is 2.77. The average Bonchev–Trinajstić information content (AvgIpc) is 2.26. The van der Waals surface area contributed by atoms with Gasteiger partial charge in [0.05, 0.1) is 17.7 Å². The Balaban J connectivity index is 2.66. The fraction of sp³-hybridized carbons (Fsp3) is 0.571. The van der Waals surface area contributed by atoms with Crippen LogP contribution in [0.5, 0.6) is 5.75 Å². The normalized spacial score (nSPS) is 14.4. The van der Waals surface area contributed by atoms with Gasteiger partial charge < -0.3 is 20.1 Å². The summed E-state index contributed by atoms with van der Waals surface area (Å²) >= 11 is 12.1. The molecule has 0 saturated heterocycles. The molecule has 0 heterocycles. The van der Waals surface area contributed by atoms with Gasteiger partial charge in [-0.2, -0.15) is 0 Å². The van der Waals surface area contributed by atoms with Crippen molar-refractivity contribution in [3.05, 3.63) is 27.7 Å². The maximum absolute atomic E-state index is 10.2. The number of methoxy groups -OCH3 is 1. The Hall–Kier alpha value is -0.520. The van der Waals surface area contributed by atoms with E-state index >= 15 is 0 Å². The van der Waals surface area contributed by atoms with E-state index in [9.17, 15) is 5.11 Å². The van der Waals surface area contributed by atoms with Gasteiger partial charge in [-0.15, -0.1) is 0 Å². The van der Waals surface area contributed by atoms with Gasteiger partial charge in [-0.25, -0.2) is 0 Å². The van der Waals surface area contributed by atoms with Gasteiger partial charge in [0.15, 0.2) is 0 Å². The zero-order valence-corrected chi connectivity index (χ0v) is 13.8. The van der Waals surface area contributed by atoms with Gasteiger partial charge in [-0.3, -0.25) is 0 Å². The van der Waals surface area contributed by atoms with E-state index in [0.29, 0.717) is 35.4 Å². The summed E-state index contributed by atoms with van der Waals surface area (Å²) in [6.07, 6.45) is 0. The van der Waals surface area contributed by atoms with Crippen LogP contribution in [-0.2, 0) is 6.54 Å². The van der Waals surface area contributed by atoms with Crippen molar-refractivity contribution in [3.8, 4) is 5.75 Å². The number of aliphatic hydroxyl groups is 1. The first kappa shape index (κ1) is 17.5. The minimum Gasteiger partial charge on any atom is -0.495 e. The Morgan fingerprint density at radius 1 is 1.35 bits per heavy atom. The average molecular weight is 321 g/mol. The Labute approximate surface area is 130 Å². The molecule has 2 N–H and O–H groups in total. The molecule has 1 aromatic carbocycles. The van der Waals surface area contributed by atoms with Crippen LogP contribution in [0.4, 0.5) is 0 Å². The zero-order valence-electron chi connectivity index (χ0n) is 12.3. The number of hydrogen-bond donors (Lipinski definition) is 2. The number of hydrogen-bond acceptors (Lipinski definition) is 4. The van der Waals surface area contributed by atoms with E-state index in [2.05, 4.69) is 5.32 Å². The van der Waals surface area contributed by atoms with E-state index in [-0.39, 0.29) is 0 Å². The molecule has 1 atom stereocenters. The lowest BCUT2D eigenvalue weighted by Gasteiger charge is -2.27. The summed E-state index contributed by atoms with van der Waals surface area (Å²) in [5.41, 5.74) is 0.0599. The minimum atomic E-state index is -0.806. The van der Waals surface area contributed by atoms with Crippen LogP contribution in [0.15, 0.2) is 12.1 Å². The summed E-state index contributed by atoms with van der Waals surface area (Å²) in [5, 5.41) is 14.5. The monoisotopic (exact) mass is 320 g/mol. The summed E-state index contributed by atoms with van der Waals surface area (Å²) in [6.45, 7) is 3.35. The molecule has 0 aromatic heterocycles. The quantitative estimate of drug-likeness (QED) is 0.809. The number of ether oxygens (including phenoxy) is 1. The Kier molecular flexibility index (Phi) is 6.55. The first-order chi connectivity index (χ1) is 9.25. The number of likely N-dealkylation sites (N-methyl/N-ethyl adjacent to an activating group) is 1. The van der Waals surface area contributed by atoms with Gasteiger partial charge in [0.2, 0.25) is 0 Å². The lowest BCUT2D eigenvalue weighted by Crippen LogP contribution is -2.45. The molecule has 0 aliphatic rings. The third kappa shape index (κ3) is 5.46. The van der Waals surface area contributed by atoms with E-state index in [1.807, 2.05) is 19.0 Å². The van der Waals surface area contributed by atoms with Crippen molar-refractivity contribution in [2.45, 2.75) is 19.1 Å². The predicted molar refractivity (Wildman–Crippen MR) is 83.9 cm³/mol. The van der Waals surface area contributed by atoms with Crippen molar-refractivity contribution in [2.75, 3.05) is 34.3 Å². The van der Waals surface area contributed by atoms with Gasteiger partial charge in [0.25, 0.3) is 0 Å². The summed E-state index contributed by atoms with van der Waals surface area (Å²) in [4.78, 5) is 1.94. The molecule has 0 saturated carbocycles. The van der Waals surface area contributed by atoms with Crippen LogP contribution in [0.1, 0.15) is 12.5 Å². The highest BCUT2D eigenvalue weighted by Gasteiger charge is 2.21. The van der Waals surface area contributed by atoms with Crippen molar-refractivity contribution in [2.24, 2.45) is 0 Å². The summed E-state index contributed by atoms with van der Waals surface area (Å²) in [5.74, 6) is 0.607. The molecule has 1 unspecified atom stereocenters. The Morgan fingerprint density at radius 2 is 2.00 bits per heavy atom. The van der Waals surface area contributed by atoms with Gasteiger partial charge in [0, 0.05) is 30.2 Å². The summed E-state index contributed by atoms with van der Waals surface area (Å²) in [6, 6.07) is 3.45. The highest BCUT2D eigenvalue weighted by Crippen LogP contribution is 2.32. The van der Waals surface area contributed by atoms with E-state index < -0.39 is 5.60 Å². The first-order valence-electron chi connectivity index (χ1n) is 6.35.